The second kappa shape index (κ2) is 6.37. The second-order valence-electron chi connectivity index (χ2n) is 4.13. The average molecular weight is 235 g/mol. The molecule has 1 aromatic carbocycles. The molecule has 4 heteroatoms. The SMILES string of the molecule is O/N=C(/COCc1ccccc1)C1CCOC1. The minimum Gasteiger partial charge on any atom is -0.411 e. The van der Waals surface area contributed by atoms with E-state index in [0.717, 1.165) is 18.6 Å². The van der Waals surface area contributed by atoms with Crippen molar-refractivity contribution in [2.24, 2.45) is 11.1 Å². The van der Waals surface area contributed by atoms with Crippen LogP contribution in [0.2, 0.25) is 0 Å². The monoisotopic (exact) mass is 235 g/mol. The Morgan fingerprint density at radius 1 is 1.41 bits per heavy atom. The van der Waals surface area contributed by atoms with Crippen LogP contribution >= 0.6 is 0 Å². The smallest absolute Gasteiger partial charge is 0.0890 e. The Labute approximate surface area is 101 Å². The van der Waals surface area contributed by atoms with Crippen LogP contribution in [0, 0.1) is 5.92 Å². The molecule has 1 atom stereocenters. The van der Waals surface area contributed by atoms with E-state index >= 15 is 0 Å². The number of hydrogen-bond donors (Lipinski definition) is 1. The number of nitrogens with zero attached hydrogens (tertiary/aromatic N) is 1. The molecule has 0 amide bonds. The predicted molar refractivity (Wildman–Crippen MR) is 64.2 cm³/mol. The summed E-state index contributed by atoms with van der Waals surface area (Å²) >= 11 is 0. The molecule has 0 saturated carbocycles. The van der Waals surface area contributed by atoms with Crippen molar-refractivity contribution in [3.63, 3.8) is 0 Å². The zero-order chi connectivity index (χ0) is 11.9. The van der Waals surface area contributed by atoms with Gasteiger partial charge in [0.2, 0.25) is 0 Å². The van der Waals surface area contributed by atoms with Gasteiger partial charge in [-0.05, 0) is 12.0 Å². The Morgan fingerprint density at radius 2 is 2.24 bits per heavy atom. The molecule has 1 heterocycles. The zero-order valence-electron chi connectivity index (χ0n) is 9.71. The van der Waals surface area contributed by atoms with Crippen LogP contribution in [0.1, 0.15) is 12.0 Å². The molecule has 4 nitrogen and oxygen atoms in total. The normalized spacial score (nSPS) is 20.7. The number of hydrogen-bond acceptors (Lipinski definition) is 4. The van der Waals surface area contributed by atoms with Crippen molar-refractivity contribution in [1.29, 1.82) is 0 Å². The van der Waals surface area contributed by atoms with Gasteiger partial charge in [0.05, 0.1) is 25.5 Å². The standard InChI is InChI=1S/C13H17NO3/c15-14-13(12-6-7-16-9-12)10-17-8-11-4-2-1-3-5-11/h1-5,12,15H,6-10H2/b14-13-. The van der Waals surface area contributed by atoms with E-state index < -0.39 is 0 Å². The number of ether oxygens (including phenoxy) is 2. The topological polar surface area (TPSA) is 51.1 Å². The molecule has 2 rings (SSSR count). The van der Waals surface area contributed by atoms with Gasteiger partial charge in [-0.15, -0.1) is 0 Å². The van der Waals surface area contributed by atoms with E-state index in [9.17, 15) is 0 Å². The van der Waals surface area contributed by atoms with Crippen LogP contribution in [-0.4, -0.2) is 30.7 Å². The lowest BCUT2D eigenvalue weighted by Crippen LogP contribution is -2.20. The van der Waals surface area contributed by atoms with Crippen LogP contribution in [0.5, 0.6) is 0 Å². The van der Waals surface area contributed by atoms with E-state index in [4.69, 9.17) is 14.7 Å². The molecule has 92 valence electrons. The summed E-state index contributed by atoms with van der Waals surface area (Å²) in [4.78, 5) is 0. The van der Waals surface area contributed by atoms with Gasteiger partial charge in [0.1, 0.15) is 0 Å². The van der Waals surface area contributed by atoms with Crippen molar-refractivity contribution in [2.45, 2.75) is 13.0 Å². The maximum absolute atomic E-state index is 8.94. The van der Waals surface area contributed by atoms with Crippen LogP contribution in [0.3, 0.4) is 0 Å². The van der Waals surface area contributed by atoms with Gasteiger partial charge in [-0.1, -0.05) is 35.5 Å². The van der Waals surface area contributed by atoms with Gasteiger partial charge in [0, 0.05) is 12.5 Å². The summed E-state index contributed by atoms with van der Waals surface area (Å²) in [6, 6.07) is 9.94. The van der Waals surface area contributed by atoms with Gasteiger partial charge in [-0.3, -0.25) is 0 Å². The molecule has 0 spiro atoms. The Bertz CT molecular complexity index is 358. The average Bonchev–Trinajstić information content (AvgIpc) is 2.90. The van der Waals surface area contributed by atoms with Gasteiger partial charge < -0.3 is 14.7 Å². The zero-order valence-corrected chi connectivity index (χ0v) is 9.71. The fraction of sp³-hybridized carbons (Fsp3) is 0.462. The van der Waals surface area contributed by atoms with Crippen molar-refractivity contribution in [3.8, 4) is 0 Å². The maximum Gasteiger partial charge on any atom is 0.0890 e. The van der Waals surface area contributed by atoms with E-state index in [0.29, 0.717) is 25.5 Å². The van der Waals surface area contributed by atoms with Crippen molar-refractivity contribution in [1.82, 2.24) is 0 Å². The fourth-order valence-corrected chi connectivity index (χ4v) is 1.87. The molecule has 1 aliphatic heterocycles. The molecule has 0 aliphatic carbocycles. The first kappa shape index (κ1) is 12.1. The molecule has 1 aromatic rings. The highest BCUT2D eigenvalue weighted by atomic mass is 16.5. The van der Waals surface area contributed by atoms with Crippen molar-refractivity contribution in [2.75, 3.05) is 19.8 Å². The van der Waals surface area contributed by atoms with E-state index in [1.165, 1.54) is 0 Å². The molecule has 0 radical (unpaired) electrons. The summed E-state index contributed by atoms with van der Waals surface area (Å²) in [5.74, 6) is 0.204. The van der Waals surface area contributed by atoms with Crippen LogP contribution in [-0.2, 0) is 16.1 Å². The van der Waals surface area contributed by atoms with Crippen LogP contribution < -0.4 is 0 Å². The lowest BCUT2D eigenvalue weighted by molar-refractivity contribution is 0.149. The number of oxime groups is 1. The highest BCUT2D eigenvalue weighted by Crippen LogP contribution is 2.15. The van der Waals surface area contributed by atoms with Gasteiger partial charge in [0.15, 0.2) is 0 Å². The first-order valence-corrected chi connectivity index (χ1v) is 5.80. The van der Waals surface area contributed by atoms with E-state index in [-0.39, 0.29) is 5.92 Å². The molecule has 1 aliphatic rings. The summed E-state index contributed by atoms with van der Waals surface area (Å²) in [5, 5.41) is 12.2. The first-order chi connectivity index (χ1) is 8.40. The van der Waals surface area contributed by atoms with E-state index in [1.807, 2.05) is 30.3 Å². The predicted octanol–water partition coefficient (Wildman–Crippen LogP) is 2.07. The Morgan fingerprint density at radius 3 is 2.88 bits per heavy atom. The summed E-state index contributed by atoms with van der Waals surface area (Å²) < 4.78 is 10.8. The van der Waals surface area contributed by atoms with Crippen molar-refractivity contribution >= 4 is 5.71 Å². The minimum atomic E-state index is 0.204. The molecule has 1 unspecified atom stereocenters. The largest absolute Gasteiger partial charge is 0.411 e. The van der Waals surface area contributed by atoms with Crippen LogP contribution in [0.15, 0.2) is 35.5 Å². The van der Waals surface area contributed by atoms with Gasteiger partial charge in [-0.2, -0.15) is 0 Å². The summed E-state index contributed by atoms with van der Waals surface area (Å²) in [6.07, 6.45) is 0.911. The van der Waals surface area contributed by atoms with Gasteiger partial charge in [0.25, 0.3) is 0 Å². The highest BCUT2D eigenvalue weighted by molar-refractivity contribution is 5.87. The molecular formula is C13H17NO3. The first-order valence-electron chi connectivity index (χ1n) is 5.80. The van der Waals surface area contributed by atoms with Crippen molar-refractivity contribution < 1.29 is 14.7 Å². The Hall–Kier alpha value is -1.39. The maximum atomic E-state index is 8.94. The molecule has 1 N–H and O–H groups in total. The molecule has 1 saturated heterocycles. The van der Waals surface area contributed by atoms with Gasteiger partial charge >= 0.3 is 0 Å². The summed E-state index contributed by atoms with van der Waals surface area (Å²) in [7, 11) is 0. The number of benzene rings is 1. The van der Waals surface area contributed by atoms with E-state index in [2.05, 4.69) is 5.16 Å². The minimum absolute atomic E-state index is 0.204. The number of rotatable bonds is 5. The Balaban J connectivity index is 1.77. The highest BCUT2D eigenvalue weighted by Gasteiger charge is 2.22. The van der Waals surface area contributed by atoms with Gasteiger partial charge in [-0.25, -0.2) is 0 Å². The fourth-order valence-electron chi connectivity index (χ4n) is 1.87. The van der Waals surface area contributed by atoms with Crippen LogP contribution in [0.25, 0.3) is 0 Å². The molecule has 0 bridgehead atoms. The third-order valence-corrected chi connectivity index (χ3v) is 2.89. The second-order valence-corrected chi connectivity index (χ2v) is 4.13. The van der Waals surface area contributed by atoms with E-state index in [1.54, 1.807) is 0 Å². The molecule has 17 heavy (non-hydrogen) atoms. The molecule has 0 aromatic heterocycles. The third-order valence-electron chi connectivity index (χ3n) is 2.89. The quantitative estimate of drug-likeness (QED) is 0.483. The summed E-state index contributed by atoms with van der Waals surface area (Å²) in [5.41, 5.74) is 1.80. The lowest BCUT2D eigenvalue weighted by atomic mass is 10.0. The Kier molecular flexibility index (Phi) is 4.53. The molecule has 1 fully saturated rings. The van der Waals surface area contributed by atoms with Crippen molar-refractivity contribution in [3.05, 3.63) is 35.9 Å². The summed E-state index contributed by atoms with van der Waals surface area (Å²) in [6.45, 7) is 2.27. The molecular weight excluding hydrogens is 218 g/mol. The third kappa shape index (κ3) is 3.54. The lowest BCUT2D eigenvalue weighted by Gasteiger charge is -2.10. The van der Waals surface area contributed by atoms with Crippen LogP contribution in [0.4, 0.5) is 0 Å².